The van der Waals surface area contributed by atoms with Gasteiger partial charge in [-0.2, -0.15) is 0 Å². The van der Waals surface area contributed by atoms with E-state index in [9.17, 15) is 0 Å². The third-order valence-corrected chi connectivity index (χ3v) is 2.82. The van der Waals surface area contributed by atoms with Gasteiger partial charge in [-0.25, -0.2) is 0 Å². The molecule has 19 heavy (non-hydrogen) atoms. The highest BCUT2D eigenvalue weighted by atomic mass is 35.5. The number of rotatable bonds is 5. The molecule has 0 amide bonds. The minimum atomic E-state index is -0.0418. The van der Waals surface area contributed by atoms with Gasteiger partial charge in [0.2, 0.25) is 0 Å². The van der Waals surface area contributed by atoms with Gasteiger partial charge in [0.25, 0.3) is 0 Å². The first kappa shape index (κ1) is 13.7. The number of benzene rings is 2. The second-order valence-electron chi connectivity index (χ2n) is 3.93. The van der Waals surface area contributed by atoms with Crippen molar-refractivity contribution in [1.82, 2.24) is 0 Å². The van der Waals surface area contributed by atoms with Crippen molar-refractivity contribution in [3.05, 3.63) is 53.1 Å². The Bertz CT molecular complexity index is 555. The molecule has 0 bridgehead atoms. The summed E-state index contributed by atoms with van der Waals surface area (Å²) in [6.45, 7) is 2.49. The fourth-order valence-corrected chi connectivity index (χ4v) is 1.89. The van der Waals surface area contributed by atoms with Crippen molar-refractivity contribution in [3.8, 4) is 17.2 Å². The zero-order valence-corrected chi connectivity index (χ0v) is 11.4. The van der Waals surface area contributed by atoms with Gasteiger partial charge in [-0.3, -0.25) is 0 Å². The Kier molecular flexibility index (Phi) is 4.66. The maximum Gasteiger partial charge on any atom is 0.146 e. The average Bonchev–Trinajstić information content (AvgIpc) is 2.42. The molecule has 0 radical (unpaired) electrons. The van der Waals surface area contributed by atoms with Gasteiger partial charge >= 0.3 is 0 Å². The van der Waals surface area contributed by atoms with Crippen LogP contribution in [0, 0.1) is 0 Å². The van der Waals surface area contributed by atoms with E-state index >= 15 is 0 Å². The summed E-state index contributed by atoms with van der Waals surface area (Å²) < 4.78 is 11.1. The quantitative estimate of drug-likeness (QED) is 0.898. The van der Waals surface area contributed by atoms with Gasteiger partial charge in [0, 0.05) is 6.07 Å². The Morgan fingerprint density at radius 3 is 2.58 bits per heavy atom. The molecule has 0 saturated heterocycles. The van der Waals surface area contributed by atoms with E-state index in [1.165, 1.54) is 0 Å². The van der Waals surface area contributed by atoms with E-state index in [-0.39, 0.29) is 6.61 Å². The molecule has 0 aliphatic carbocycles. The molecular weight excluding hydrogens is 264 g/mol. The molecule has 0 unspecified atom stereocenters. The minimum absolute atomic E-state index is 0.0418. The fraction of sp³-hybridized carbons (Fsp3) is 0.200. The lowest BCUT2D eigenvalue weighted by Crippen LogP contribution is -1.92. The molecule has 0 spiro atoms. The van der Waals surface area contributed by atoms with Crippen LogP contribution < -0.4 is 9.47 Å². The normalized spacial score (nSPS) is 10.3. The SMILES string of the molecule is CCOc1cccc(Oc2ccc(CO)cc2Cl)c1. The fourth-order valence-electron chi connectivity index (χ4n) is 1.65. The van der Waals surface area contributed by atoms with Crippen LogP contribution in [0.4, 0.5) is 0 Å². The molecule has 2 aromatic carbocycles. The van der Waals surface area contributed by atoms with Crippen LogP contribution in [0.25, 0.3) is 0 Å². The van der Waals surface area contributed by atoms with Gasteiger partial charge in [0.05, 0.1) is 18.2 Å². The molecule has 0 heterocycles. The molecule has 2 rings (SSSR count). The lowest BCUT2D eigenvalue weighted by molar-refractivity contribution is 0.281. The second-order valence-corrected chi connectivity index (χ2v) is 4.34. The third-order valence-electron chi connectivity index (χ3n) is 2.52. The zero-order chi connectivity index (χ0) is 13.7. The monoisotopic (exact) mass is 278 g/mol. The Morgan fingerprint density at radius 1 is 1.11 bits per heavy atom. The summed E-state index contributed by atoms with van der Waals surface area (Å²) in [5.41, 5.74) is 0.750. The number of hydrogen-bond donors (Lipinski definition) is 1. The van der Waals surface area contributed by atoms with Crippen LogP contribution >= 0.6 is 11.6 Å². The molecule has 0 aromatic heterocycles. The van der Waals surface area contributed by atoms with E-state index < -0.39 is 0 Å². The van der Waals surface area contributed by atoms with Crippen LogP contribution in [0.1, 0.15) is 12.5 Å². The van der Waals surface area contributed by atoms with Crippen molar-refractivity contribution >= 4 is 11.6 Å². The van der Waals surface area contributed by atoms with E-state index in [0.29, 0.717) is 23.1 Å². The number of aliphatic hydroxyl groups excluding tert-OH is 1. The minimum Gasteiger partial charge on any atom is -0.494 e. The molecule has 100 valence electrons. The van der Waals surface area contributed by atoms with Crippen molar-refractivity contribution in [2.45, 2.75) is 13.5 Å². The van der Waals surface area contributed by atoms with Crippen LogP contribution in [0.15, 0.2) is 42.5 Å². The summed E-state index contributed by atoms with van der Waals surface area (Å²) >= 11 is 6.09. The van der Waals surface area contributed by atoms with Gasteiger partial charge in [-0.05, 0) is 36.8 Å². The van der Waals surface area contributed by atoms with Crippen LogP contribution in [-0.4, -0.2) is 11.7 Å². The van der Waals surface area contributed by atoms with Gasteiger partial charge in [0.1, 0.15) is 17.2 Å². The maximum atomic E-state index is 9.02. The van der Waals surface area contributed by atoms with Crippen LogP contribution in [0.3, 0.4) is 0 Å². The standard InChI is InChI=1S/C15H15ClO3/c1-2-18-12-4-3-5-13(9-12)19-15-7-6-11(10-17)8-14(15)16/h3-9,17H,2,10H2,1H3. The summed E-state index contributed by atoms with van der Waals surface area (Å²) in [5, 5.41) is 9.49. The summed E-state index contributed by atoms with van der Waals surface area (Å²) in [7, 11) is 0. The van der Waals surface area contributed by atoms with Crippen molar-refractivity contribution in [3.63, 3.8) is 0 Å². The van der Waals surface area contributed by atoms with Crippen LogP contribution in [0.5, 0.6) is 17.2 Å². The second kappa shape index (κ2) is 6.45. The molecule has 0 saturated carbocycles. The average molecular weight is 279 g/mol. The van der Waals surface area contributed by atoms with E-state index in [0.717, 1.165) is 11.3 Å². The first-order valence-corrected chi connectivity index (χ1v) is 6.40. The Labute approximate surface area is 117 Å². The zero-order valence-electron chi connectivity index (χ0n) is 10.6. The number of halogens is 1. The van der Waals surface area contributed by atoms with Gasteiger partial charge in [0.15, 0.2) is 0 Å². The Morgan fingerprint density at radius 2 is 1.89 bits per heavy atom. The number of aliphatic hydroxyl groups is 1. The summed E-state index contributed by atoms with van der Waals surface area (Å²) in [5.74, 6) is 1.96. The van der Waals surface area contributed by atoms with E-state index in [1.54, 1.807) is 24.3 Å². The maximum absolute atomic E-state index is 9.02. The first-order chi connectivity index (χ1) is 9.22. The van der Waals surface area contributed by atoms with E-state index in [4.69, 9.17) is 26.2 Å². The van der Waals surface area contributed by atoms with Crippen LogP contribution in [-0.2, 0) is 6.61 Å². The smallest absolute Gasteiger partial charge is 0.146 e. The lowest BCUT2D eigenvalue weighted by atomic mass is 10.2. The van der Waals surface area contributed by atoms with Crippen molar-refractivity contribution in [2.75, 3.05) is 6.61 Å². The largest absolute Gasteiger partial charge is 0.494 e. The van der Waals surface area contributed by atoms with E-state index in [2.05, 4.69) is 0 Å². The number of ether oxygens (including phenoxy) is 2. The third kappa shape index (κ3) is 3.63. The predicted octanol–water partition coefficient (Wildman–Crippen LogP) is 4.02. The highest BCUT2D eigenvalue weighted by molar-refractivity contribution is 6.32. The summed E-state index contributed by atoms with van der Waals surface area (Å²) in [4.78, 5) is 0. The molecular formula is C15H15ClO3. The van der Waals surface area contributed by atoms with Crippen LogP contribution in [0.2, 0.25) is 5.02 Å². The summed E-state index contributed by atoms with van der Waals surface area (Å²) in [6, 6.07) is 12.6. The molecule has 0 aliphatic rings. The summed E-state index contributed by atoms with van der Waals surface area (Å²) in [6.07, 6.45) is 0. The van der Waals surface area contributed by atoms with Gasteiger partial charge in [-0.15, -0.1) is 0 Å². The lowest BCUT2D eigenvalue weighted by Gasteiger charge is -2.10. The molecule has 1 N–H and O–H groups in total. The van der Waals surface area contributed by atoms with Gasteiger partial charge in [-0.1, -0.05) is 23.7 Å². The number of hydrogen-bond acceptors (Lipinski definition) is 3. The Balaban J connectivity index is 2.18. The Hall–Kier alpha value is -1.71. The molecule has 0 fully saturated rings. The predicted molar refractivity (Wildman–Crippen MR) is 75.1 cm³/mol. The first-order valence-electron chi connectivity index (χ1n) is 6.03. The molecule has 2 aromatic rings. The molecule has 0 aliphatic heterocycles. The molecule has 0 atom stereocenters. The highest BCUT2D eigenvalue weighted by Gasteiger charge is 2.05. The molecule has 3 nitrogen and oxygen atoms in total. The van der Waals surface area contributed by atoms with E-state index in [1.807, 2.05) is 25.1 Å². The van der Waals surface area contributed by atoms with Crippen molar-refractivity contribution in [2.24, 2.45) is 0 Å². The topological polar surface area (TPSA) is 38.7 Å². The highest BCUT2D eigenvalue weighted by Crippen LogP contribution is 2.31. The van der Waals surface area contributed by atoms with Crippen molar-refractivity contribution in [1.29, 1.82) is 0 Å². The van der Waals surface area contributed by atoms with Gasteiger partial charge < -0.3 is 14.6 Å². The molecule has 4 heteroatoms. The van der Waals surface area contributed by atoms with Crippen molar-refractivity contribution < 1.29 is 14.6 Å².